The highest BCUT2D eigenvalue weighted by atomic mass is 16.3. The summed E-state index contributed by atoms with van der Waals surface area (Å²) in [5.74, 6) is 0.639. The van der Waals surface area contributed by atoms with Gasteiger partial charge in [-0.05, 0) is 117 Å². The van der Waals surface area contributed by atoms with Crippen molar-refractivity contribution in [3.63, 3.8) is 0 Å². The van der Waals surface area contributed by atoms with Crippen LogP contribution in [0, 0.1) is 13.8 Å². The molecule has 2 heteroatoms. The molecule has 0 amide bonds. The maximum absolute atomic E-state index is 10.3. The Morgan fingerprint density at radius 2 is 0.881 bits per heavy atom. The molecule has 1 aliphatic carbocycles. The van der Waals surface area contributed by atoms with E-state index in [1.54, 1.807) is 0 Å². The van der Waals surface area contributed by atoms with E-state index in [4.69, 9.17) is 0 Å². The highest BCUT2D eigenvalue weighted by Crippen LogP contribution is 2.48. The number of rotatable bonds is 4. The van der Waals surface area contributed by atoms with Crippen molar-refractivity contribution in [1.82, 2.24) is 0 Å². The molecule has 0 spiro atoms. The van der Waals surface area contributed by atoms with E-state index >= 15 is 0 Å². The average molecular weight is 561 g/mol. The number of phenols is 2. The number of benzene rings is 4. The van der Waals surface area contributed by atoms with Crippen LogP contribution in [0.25, 0.3) is 22.3 Å². The molecule has 220 valence electrons. The van der Waals surface area contributed by atoms with Gasteiger partial charge in [-0.3, -0.25) is 0 Å². The number of aromatic hydroxyl groups is 2. The van der Waals surface area contributed by atoms with E-state index in [0.717, 1.165) is 12.8 Å². The van der Waals surface area contributed by atoms with Gasteiger partial charge in [0.15, 0.2) is 0 Å². The third-order valence-corrected chi connectivity index (χ3v) is 9.47. The fourth-order valence-corrected chi connectivity index (χ4v) is 7.20. The summed E-state index contributed by atoms with van der Waals surface area (Å²) in [7, 11) is 0. The van der Waals surface area contributed by atoms with Gasteiger partial charge in [0.2, 0.25) is 0 Å². The van der Waals surface area contributed by atoms with Crippen LogP contribution < -0.4 is 0 Å². The van der Waals surface area contributed by atoms with Gasteiger partial charge in [0, 0.05) is 5.41 Å². The van der Waals surface area contributed by atoms with E-state index < -0.39 is 0 Å². The molecule has 4 aromatic carbocycles. The summed E-state index contributed by atoms with van der Waals surface area (Å²) in [4.78, 5) is 0. The third kappa shape index (κ3) is 5.61. The lowest BCUT2D eigenvalue weighted by atomic mass is 9.64. The fourth-order valence-electron chi connectivity index (χ4n) is 7.20. The molecule has 2 N–H and O–H groups in total. The first-order valence-electron chi connectivity index (χ1n) is 15.6. The standard InChI is InChI=1S/C40H48O2/c1-26-22-28(12-16-32(26)34-18-14-30(41)24-36(34)38(3,4)5)40(20-10-9-11-21-40)29-13-17-33(27(2)23-29)35-19-15-31(42)25-37(35)39(6,7)8/h12-19,22-25,41-42H,9-11,20-21H2,1-8H3. The first-order valence-corrected chi connectivity index (χ1v) is 15.6. The molecular formula is C40H48O2. The Hall–Kier alpha value is -3.52. The first-order chi connectivity index (χ1) is 19.7. The largest absolute Gasteiger partial charge is 0.508 e. The smallest absolute Gasteiger partial charge is 0.115 e. The predicted molar refractivity (Wildman–Crippen MR) is 178 cm³/mol. The van der Waals surface area contributed by atoms with E-state index in [9.17, 15) is 10.2 Å². The minimum Gasteiger partial charge on any atom is -0.508 e. The molecule has 1 aliphatic rings. The van der Waals surface area contributed by atoms with Gasteiger partial charge < -0.3 is 10.2 Å². The van der Waals surface area contributed by atoms with Crippen molar-refractivity contribution in [3.05, 3.63) is 106 Å². The third-order valence-electron chi connectivity index (χ3n) is 9.47. The summed E-state index contributed by atoms with van der Waals surface area (Å²) in [5.41, 5.74) is 12.4. The van der Waals surface area contributed by atoms with Gasteiger partial charge in [-0.15, -0.1) is 0 Å². The minimum absolute atomic E-state index is 0.00550. The topological polar surface area (TPSA) is 40.5 Å². The lowest BCUT2D eigenvalue weighted by Gasteiger charge is -2.39. The molecule has 4 aromatic rings. The van der Waals surface area contributed by atoms with Gasteiger partial charge in [-0.25, -0.2) is 0 Å². The molecule has 42 heavy (non-hydrogen) atoms. The van der Waals surface area contributed by atoms with Crippen LogP contribution in [0.5, 0.6) is 11.5 Å². The predicted octanol–water partition coefficient (Wildman–Crippen LogP) is 10.9. The molecule has 0 unspecified atom stereocenters. The van der Waals surface area contributed by atoms with Crippen LogP contribution in [-0.4, -0.2) is 10.2 Å². The Morgan fingerprint density at radius 3 is 1.24 bits per heavy atom. The van der Waals surface area contributed by atoms with Crippen molar-refractivity contribution in [2.24, 2.45) is 0 Å². The van der Waals surface area contributed by atoms with E-state index in [-0.39, 0.29) is 16.2 Å². The Balaban J connectivity index is 1.60. The van der Waals surface area contributed by atoms with Crippen LogP contribution in [0.3, 0.4) is 0 Å². The average Bonchev–Trinajstić information content (AvgIpc) is 2.93. The SMILES string of the molecule is Cc1cc(C2(c3ccc(-c4ccc(O)cc4C(C)(C)C)c(C)c3)CCCCC2)ccc1-c1ccc(O)cc1C(C)(C)C. The molecule has 0 aromatic heterocycles. The molecule has 2 nitrogen and oxygen atoms in total. The summed E-state index contributed by atoms with van der Waals surface area (Å²) < 4.78 is 0. The summed E-state index contributed by atoms with van der Waals surface area (Å²) in [6.45, 7) is 17.7. The summed E-state index contributed by atoms with van der Waals surface area (Å²) >= 11 is 0. The highest BCUT2D eigenvalue weighted by Gasteiger charge is 2.36. The van der Waals surface area contributed by atoms with Crippen LogP contribution in [-0.2, 0) is 16.2 Å². The first kappa shape index (κ1) is 30.0. The van der Waals surface area contributed by atoms with Gasteiger partial charge in [0.1, 0.15) is 11.5 Å². The molecular weight excluding hydrogens is 512 g/mol. The minimum atomic E-state index is -0.0760. The lowest BCUT2D eigenvalue weighted by molar-refractivity contribution is 0.346. The zero-order chi connectivity index (χ0) is 30.4. The maximum atomic E-state index is 10.3. The van der Waals surface area contributed by atoms with E-state index in [0.29, 0.717) is 11.5 Å². The molecule has 0 saturated heterocycles. The summed E-state index contributed by atoms with van der Waals surface area (Å²) in [6.07, 6.45) is 6.08. The molecule has 1 saturated carbocycles. The van der Waals surface area contributed by atoms with E-state index in [1.807, 2.05) is 24.3 Å². The van der Waals surface area contributed by atoms with Crippen molar-refractivity contribution in [1.29, 1.82) is 0 Å². The molecule has 1 fully saturated rings. The molecule has 0 aliphatic heterocycles. The Labute approximate surface area is 253 Å². The number of aryl methyl sites for hydroxylation is 2. The van der Waals surface area contributed by atoms with Crippen molar-refractivity contribution >= 4 is 0 Å². The van der Waals surface area contributed by atoms with Crippen LogP contribution >= 0.6 is 0 Å². The zero-order valence-electron chi connectivity index (χ0n) is 26.9. The van der Waals surface area contributed by atoms with Gasteiger partial charge in [0.05, 0.1) is 0 Å². The Kier molecular flexibility index (Phi) is 7.81. The van der Waals surface area contributed by atoms with Crippen LogP contribution in [0.1, 0.15) is 107 Å². The molecule has 0 atom stereocenters. The van der Waals surface area contributed by atoms with Crippen molar-refractivity contribution in [2.45, 2.75) is 104 Å². The summed E-state index contributed by atoms with van der Waals surface area (Å²) in [5, 5.41) is 20.5. The highest BCUT2D eigenvalue weighted by molar-refractivity contribution is 5.75. The monoisotopic (exact) mass is 560 g/mol. The normalized spacial score (nSPS) is 15.5. The Morgan fingerprint density at radius 1 is 0.500 bits per heavy atom. The quantitative estimate of drug-likeness (QED) is 0.261. The second kappa shape index (κ2) is 11.0. The van der Waals surface area contributed by atoms with Crippen molar-refractivity contribution < 1.29 is 10.2 Å². The zero-order valence-corrected chi connectivity index (χ0v) is 26.9. The Bertz CT molecular complexity index is 1490. The van der Waals surface area contributed by atoms with Crippen LogP contribution in [0.15, 0.2) is 72.8 Å². The van der Waals surface area contributed by atoms with E-state index in [1.165, 1.54) is 74.9 Å². The number of hydrogen-bond donors (Lipinski definition) is 2. The van der Waals surface area contributed by atoms with Gasteiger partial charge in [-0.2, -0.15) is 0 Å². The fraction of sp³-hybridized carbons (Fsp3) is 0.400. The second-order valence-corrected chi connectivity index (χ2v) is 14.7. The summed E-state index contributed by atoms with van der Waals surface area (Å²) in [6, 6.07) is 25.9. The lowest BCUT2D eigenvalue weighted by Crippen LogP contribution is -2.30. The van der Waals surface area contributed by atoms with Crippen molar-refractivity contribution in [3.8, 4) is 33.8 Å². The maximum Gasteiger partial charge on any atom is 0.115 e. The van der Waals surface area contributed by atoms with Crippen LogP contribution in [0.2, 0.25) is 0 Å². The number of phenolic OH excluding ortho intramolecular Hbond substituents is 2. The van der Waals surface area contributed by atoms with Crippen molar-refractivity contribution in [2.75, 3.05) is 0 Å². The molecule has 0 bridgehead atoms. The van der Waals surface area contributed by atoms with Crippen LogP contribution in [0.4, 0.5) is 0 Å². The van der Waals surface area contributed by atoms with E-state index in [2.05, 4.69) is 104 Å². The second-order valence-electron chi connectivity index (χ2n) is 14.7. The molecule has 5 rings (SSSR count). The molecule has 0 heterocycles. The van der Waals surface area contributed by atoms with Gasteiger partial charge in [0.25, 0.3) is 0 Å². The molecule has 0 radical (unpaired) electrons. The van der Waals surface area contributed by atoms with Gasteiger partial charge in [-0.1, -0.05) is 109 Å². The number of hydrogen-bond acceptors (Lipinski definition) is 2. The van der Waals surface area contributed by atoms with Gasteiger partial charge >= 0.3 is 0 Å².